The Bertz CT molecular complexity index is 791. The third kappa shape index (κ3) is 2.83. The van der Waals surface area contributed by atoms with E-state index in [0.717, 1.165) is 10.7 Å². The Kier molecular flexibility index (Phi) is 4.37. The Morgan fingerprint density at radius 1 is 1.09 bits per heavy atom. The molecule has 1 aromatic heterocycles. The number of fused-ring (bicyclic) bond motifs is 1. The monoisotopic (exact) mass is 330 g/mol. The summed E-state index contributed by atoms with van der Waals surface area (Å²) in [7, 11) is 0. The Morgan fingerprint density at radius 2 is 1.82 bits per heavy atom. The van der Waals surface area contributed by atoms with Gasteiger partial charge in [-0.25, -0.2) is 0 Å². The smallest absolute Gasteiger partial charge is 0.0510 e. The van der Waals surface area contributed by atoms with Crippen LogP contribution < -0.4 is 4.72 Å². The highest BCUT2D eigenvalue weighted by molar-refractivity contribution is 7.99. The number of nitrogens with zero attached hydrogens (tertiary/aromatic N) is 1. The molecule has 0 atom stereocenters. The first kappa shape index (κ1) is 15.3. The first-order valence-electron chi connectivity index (χ1n) is 7.29. The molecule has 0 saturated heterocycles. The lowest BCUT2D eigenvalue weighted by atomic mass is 10.0. The average molecular weight is 331 g/mol. The van der Waals surface area contributed by atoms with Crippen LogP contribution in [0.4, 0.5) is 5.69 Å². The Hall–Kier alpha value is -1.58. The molecular weight excluding hydrogens is 312 g/mol. The van der Waals surface area contributed by atoms with Crippen molar-refractivity contribution in [2.75, 3.05) is 11.0 Å². The molecule has 3 aromatic rings. The predicted molar refractivity (Wildman–Crippen MR) is 99.9 cm³/mol. The molecule has 114 valence electrons. The first-order chi connectivity index (χ1) is 10.6. The second kappa shape index (κ2) is 6.27. The van der Waals surface area contributed by atoms with Gasteiger partial charge in [-0.1, -0.05) is 41.7 Å². The molecule has 0 saturated carbocycles. The highest BCUT2D eigenvalue weighted by Crippen LogP contribution is 2.34. The molecule has 2 aromatic carbocycles. The fourth-order valence-electron chi connectivity index (χ4n) is 2.72. The maximum absolute atomic E-state index is 6.01. The quantitative estimate of drug-likeness (QED) is 0.571. The molecule has 0 fully saturated rings. The topological polar surface area (TPSA) is 17.0 Å². The molecule has 1 N–H and O–H groups in total. The van der Waals surface area contributed by atoms with Crippen LogP contribution in [-0.4, -0.2) is 10.8 Å². The first-order valence-corrected chi connectivity index (χ1v) is 8.90. The van der Waals surface area contributed by atoms with Crippen LogP contribution in [0.25, 0.3) is 22.0 Å². The largest absolute Gasteiger partial charge is 0.344 e. The van der Waals surface area contributed by atoms with Gasteiger partial charge < -0.3 is 9.29 Å². The lowest BCUT2D eigenvalue weighted by molar-refractivity contribution is 0.623. The molecule has 2 nitrogen and oxygen atoms in total. The number of rotatable bonds is 4. The third-order valence-electron chi connectivity index (χ3n) is 3.77. The van der Waals surface area contributed by atoms with E-state index in [1.807, 2.05) is 18.4 Å². The normalized spacial score (nSPS) is 11.3. The summed E-state index contributed by atoms with van der Waals surface area (Å²) in [6, 6.07) is 15.0. The zero-order chi connectivity index (χ0) is 15.7. The molecule has 1 heterocycles. The van der Waals surface area contributed by atoms with Crippen molar-refractivity contribution in [2.45, 2.75) is 19.9 Å². The van der Waals surface area contributed by atoms with Crippen molar-refractivity contribution in [2.24, 2.45) is 0 Å². The second-order valence-electron chi connectivity index (χ2n) is 5.59. The Labute approximate surface area is 140 Å². The van der Waals surface area contributed by atoms with Crippen LogP contribution in [-0.2, 0) is 0 Å². The maximum Gasteiger partial charge on any atom is 0.0510 e. The van der Waals surface area contributed by atoms with E-state index in [4.69, 9.17) is 11.6 Å². The minimum absolute atomic E-state index is 0.410. The third-order valence-corrected chi connectivity index (χ3v) is 4.46. The highest BCUT2D eigenvalue weighted by Gasteiger charge is 2.12. The fraction of sp³-hybridized carbons (Fsp3) is 0.222. The van der Waals surface area contributed by atoms with Gasteiger partial charge in [0.2, 0.25) is 0 Å². The van der Waals surface area contributed by atoms with E-state index in [1.54, 1.807) is 11.9 Å². The summed E-state index contributed by atoms with van der Waals surface area (Å²) in [5, 5.41) is 2.03. The Balaban J connectivity index is 2.20. The van der Waals surface area contributed by atoms with Gasteiger partial charge >= 0.3 is 0 Å². The lowest BCUT2D eigenvalue weighted by Crippen LogP contribution is -1.98. The molecule has 0 bridgehead atoms. The number of hydrogen-bond donors (Lipinski definition) is 1. The van der Waals surface area contributed by atoms with Gasteiger partial charge in [0.25, 0.3) is 0 Å². The van der Waals surface area contributed by atoms with Crippen molar-refractivity contribution < 1.29 is 0 Å². The molecule has 0 aliphatic carbocycles. The van der Waals surface area contributed by atoms with E-state index in [1.165, 1.54) is 22.0 Å². The second-order valence-corrected chi connectivity index (χ2v) is 6.64. The number of aromatic nitrogens is 1. The molecule has 0 aliphatic rings. The van der Waals surface area contributed by atoms with Gasteiger partial charge in [-0.05, 0) is 43.7 Å². The molecule has 0 aliphatic heterocycles. The summed E-state index contributed by atoms with van der Waals surface area (Å²) >= 11 is 7.62. The molecule has 0 amide bonds. The summed E-state index contributed by atoms with van der Waals surface area (Å²) in [4.78, 5) is 0. The van der Waals surface area contributed by atoms with Crippen LogP contribution in [0.2, 0.25) is 5.02 Å². The summed E-state index contributed by atoms with van der Waals surface area (Å²) in [5.41, 5.74) is 4.82. The van der Waals surface area contributed by atoms with Crippen molar-refractivity contribution in [3.8, 4) is 11.1 Å². The van der Waals surface area contributed by atoms with E-state index in [0.29, 0.717) is 6.04 Å². The fourth-order valence-corrected chi connectivity index (χ4v) is 3.21. The van der Waals surface area contributed by atoms with Gasteiger partial charge in [0.05, 0.1) is 5.52 Å². The van der Waals surface area contributed by atoms with Crippen molar-refractivity contribution in [3.05, 3.63) is 53.7 Å². The van der Waals surface area contributed by atoms with Crippen molar-refractivity contribution in [1.29, 1.82) is 0 Å². The van der Waals surface area contributed by atoms with Crippen molar-refractivity contribution in [3.63, 3.8) is 0 Å². The highest BCUT2D eigenvalue weighted by atomic mass is 35.5. The summed E-state index contributed by atoms with van der Waals surface area (Å²) in [5.74, 6) is 0. The van der Waals surface area contributed by atoms with Gasteiger partial charge in [0.15, 0.2) is 0 Å². The molecule has 0 spiro atoms. The maximum atomic E-state index is 6.01. The standard InChI is InChI=1S/C18H19ClN2S/c1-12(2)21-11-17(13-4-6-14(19)7-5-13)16-9-8-15(20-22-3)10-18(16)21/h4-12,20H,1-3H3. The van der Waals surface area contributed by atoms with Crippen LogP contribution in [0, 0.1) is 0 Å². The van der Waals surface area contributed by atoms with E-state index in [2.05, 4.69) is 59.7 Å². The molecule has 4 heteroatoms. The predicted octanol–water partition coefficient (Wildman–Crippen LogP) is 6.23. The van der Waals surface area contributed by atoms with Gasteiger partial charge in [-0.3, -0.25) is 0 Å². The number of nitrogens with one attached hydrogen (secondary N) is 1. The SMILES string of the molecule is CSNc1ccc2c(-c3ccc(Cl)cc3)cn(C(C)C)c2c1. The van der Waals surface area contributed by atoms with Crippen molar-refractivity contribution >= 4 is 40.1 Å². The molecule has 22 heavy (non-hydrogen) atoms. The lowest BCUT2D eigenvalue weighted by Gasteiger charge is -2.10. The van der Waals surface area contributed by atoms with Crippen LogP contribution in [0.15, 0.2) is 48.7 Å². The summed E-state index contributed by atoms with van der Waals surface area (Å²) < 4.78 is 5.63. The summed E-state index contributed by atoms with van der Waals surface area (Å²) in [6.45, 7) is 4.42. The van der Waals surface area contributed by atoms with Crippen LogP contribution in [0.3, 0.4) is 0 Å². The molecule has 0 radical (unpaired) electrons. The van der Waals surface area contributed by atoms with Gasteiger partial charge in [-0.15, -0.1) is 0 Å². The zero-order valence-electron chi connectivity index (χ0n) is 12.9. The number of anilines is 1. The van der Waals surface area contributed by atoms with Crippen LogP contribution >= 0.6 is 23.5 Å². The van der Waals surface area contributed by atoms with E-state index in [9.17, 15) is 0 Å². The average Bonchev–Trinajstić information content (AvgIpc) is 2.87. The van der Waals surface area contributed by atoms with Gasteiger partial charge in [0, 0.05) is 40.2 Å². The molecule has 0 unspecified atom stereocenters. The number of hydrogen-bond acceptors (Lipinski definition) is 2. The number of halogens is 1. The zero-order valence-corrected chi connectivity index (χ0v) is 14.5. The van der Waals surface area contributed by atoms with E-state index in [-0.39, 0.29) is 0 Å². The molecular formula is C18H19ClN2S. The molecule has 3 rings (SSSR count). The van der Waals surface area contributed by atoms with E-state index < -0.39 is 0 Å². The van der Waals surface area contributed by atoms with Crippen LogP contribution in [0.1, 0.15) is 19.9 Å². The van der Waals surface area contributed by atoms with Gasteiger partial charge in [-0.2, -0.15) is 0 Å². The number of benzene rings is 2. The minimum Gasteiger partial charge on any atom is -0.344 e. The minimum atomic E-state index is 0.410. The van der Waals surface area contributed by atoms with E-state index >= 15 is 0 Å². The van der Waals surface area contributed by atoms with Crippen molar-refractivity contribution in [1.82, 2.24) is 4.57 Å². The van der Waals surface area contributed by atoms with Gasteiger partial charge in [0.1, 0.15) is 0 Å². The van der Waals surface area contributed by atoms with Crippen LogP contribution in [0.5, 0.6) is 0 Å². The summed E-state index contributed by atoms with van der Waals surface area (Å²) in [6.07, 6.45) is 4.27. The Morgan fingerprint density at radius 3 is 2.45 bits per heavy atom.